The van der Waals surface area contributed by atoms with Crippen molar-refractivity contribution >= 4 is 5.52 Å². The molecule has 0 saturated heterocycles. The van der Waals surface area contributed by atoms with Gasteiger partial charge in [0.05, 0.1) is 11.1 Å². The van der Waals surface area contributed by atoms with Gasteiger partial charge in [-0.3, -0.25) is 0 Å². The third kappa shape index (κ3) is 2.94. The van der Waals surface area contributed by atoms with Crippen molar-refractivity contribution < 1.29 is 17.6 Å². The Balaban J connectivity index is 1.95. The minimum atomic E-state index is -4.32. The van der Waals surface area contributed by atoms with Crippen molar-refractivity contribution in [3.05, 3.63) is 83.7 Å². The number of rotatable bonds is 0. The van der Waals surface area contributed by atoms with Crippen LogP contribution in [0.4, 0.5) is 13.2 Å². The monoisotopic (exact) mass is 298 g/mol. The summed E-state index contributed by atoms with van der Waals surface area (Å²) < 4.78 is 39.5. The molecule has 0 saturated carbocycles. The highest BCUT2D eigenvalue weighted by molar-refractivity contribution is 5.58. The molecule has 0 radical (unpaired) electrons. The lowest BCUT2D eigenvalue weighted by Gasteiger charge is -2.05. The summed E-state index contributed by atoms with van der Waals surface area (Å²) in [6.45, 7) is 0. The third-order valence-corrected chi connectivity index (χ3v) is 3.23. The second-order valence-corrected chi connectivity index (χ2v) is 4.74. The molecule has 0 aliphatic carbocycles. The largest absolute Gasteiger partial charge is 0.416 e. The van der Waals surface area contributed by atoms with Crippen molar-refractivity contribution in [1.82, 2.24) is 0 Å². The molecule has 0 N–H and O–H groups in total. The molecule has 0 aliphatic rings. The molecule has 0 unspecified atom stereocenters. The zero-order valence-electron chi connectivity index (χ0n) is 11.4. The van der Waals surface area contributed by atoms with Crippen LogP contribution in [0.5, 0.6) is 0 Å². The van der Waals surface area contributed by atoms with Gasteiger partial charge in [0, 0.05) is 23.8 Å². The average molecular weight is 298 g/mol. The summed E-state index contributed by atoms with van der Waals surface area (Å²) in [5, 5.41) is 0. The van der Waals surface area contributed by atoms with Crippen LogP contribution < -0.4 is 4.40 Å². The first-order valence-electron chi connectivity index (χ1n) is 6.62. The number of aromatic nitrogens is 1. The number of pyridine rings is 2. The first-order chi connectivity index (χ1) is 10.5. The lowest BCUT2D eigenvalue weighted by molar-refractivity contribution is -0.512. The van der Waals surface area contributed by atoms with Crippen molar-refractivity contribution in [3.63, 3.8) is 0 Å². The normalized spacial score (nSPS) is 11.0. The van der Waals surface area contributed by atoms with E-state index in [1.807, 2.05) is 47.1 Å². The molecular formula is C18H11F3N+. The quantitative estimate of drug-likeness (QED) is 0.438. The van der Waals surface area contributed by atoms with E-state index in [9.17, 15) is 13.2 Å². The molecule has 2 aromatic heterocycles. The van der Waals surface area contributed by atoms with Crippen LogP contribution in [0.2, 0.25) is 0 Å². The van der Waals surface area contributed by atoms with Crippen molar-refractivity contribution in [2.24, 2.45) is 0 Å². The maximum atomic E-state index is 12.5. The van der Waals surface area contributed by atoms with Gasteiger partial charge in [0.1, 0.15) is 0 Å². The van der Waals surface area contributed by atoms with Crippen LogP contribution in [0.15, 0.2) is 67.0 Å². The number of hydrogen-bond acceptors (Lipinski definition) is 0. The summed E-state index contributed by atoms with van der Waals surface area (Å²) in [6.07, 6.45) is -0.491. The number of halogens is 3. The molecule has 3 rings (SSSR count). The fraction of sp³-hybridized carbons (Fsp3) is 0.0556. The molecule has 4 heteroatoms. The van der Waals surface area contributed by atoms with Crippen molar-refractivity contribution in [2.75, 3.05) is 0 Å². The van der Waals surface area contributed by atoms with Gasteiger partial charge in [-0.05, 0) is 36.4 Å². The number of nitrogens with zero attached hydrogens (tertiary/aromatic N) is 1. The number of hydrogen-bond donors (Lipinski definition) is 0. The van der Waals surface area contributed by atoms with E-state index < -0.39 is 11.7 Å². The van der Waals surface area contributed by atoms with Crippen LogP contribution in [-0.4, -0.2) is 0 Å². The number of alkyl halides is 3. The highest BCUT2D eigenvalue weighted by atomic mass is 19.4. The minimum absolute atomic E-state index is 0.547. The summed E-state index contributed by atoms with van der Waals surface area (Å²) in [6, 6.07) is 14.4. The zero-order valence-corrected chi connectivity index (χ0v) is 11.4. The van der Waals surface area contributed by atoms with E-state index in [0.29, 0.717) is 5.56 Å². The molecule has 0 spiro atoms. The Kier molecular flexibility index (Phi) is 3.56. The molecule has 1 aromatic carbocycles. The van der Waals surface area contributed by atoms with E-state index in [0.717, 1.165) is 23.2 Å². The van der Waals surface area contributed by atoms with Gasteiger partial charge in [0.25, 0.3) is 0 Å². The molecular weight excluding hydrogens is 287 g/mol. The number of benzene rings is 1. The SMILES string of the molecule is FC(F)(F)c1ccc(C#Cc2ccc[n+]3ccccc23)cc1. The summed E-state index contributed by atoms with van der Waals surface area (Å²) >= 11 is 0. The standard InChI is InChI=1S/C18H11F3N/c19-18(20,21)16-10-7-14(8-11-16)6-9-15-4-3-13-22-12-2-1-5-17(15)22/h1-5,7-8,10-13H/q+1. The van der Waals surface area contributed by atoms with E-state index in [1.165, 1.54) is 12.1 Å². The van der Waals surface area contributed by atoms with Crippen LogP contribution in [0.1, 0.15) is 16.7 Å². The Morgan fingerprint density at radius 2 is 1.50 bits per heavy atom. The van der Waals surface area contributed by atoms with Gasteiger partial charge in [-0.15, -0.1) is 0 Å². The minimum Gasteiger partial charge on any atom is -0.166 e. The van der Waals surface area contributed by atoms with Crippen LogP contribution >= 0.6 is 0 Å². The highest BCUT2D eigenvalue weighted by Crippen LogP contribution is 2.28. The summed E-state index contributed by atoms with van der Waals surface area (Å²) in [5.41, 5.74) is 1.65. The molecule has 0 fully saturated rings. The summed E-state index contributed by atoms with van der Waals surface area (Å²) in [7, 11) is 0. The zero-order chi connectivity index (χ0) is 15.6. The smallest absolute Gasteiger partial charge is 0.166 e. The number of fused-ring (bicyclic) bond motifs is 1. The van der Waals surface area contributed by atoms with Gasteiger partial charge in [0.2, 0.25) is 5.52 Å². The van der Waals surface area contributed by atoms with E-state index in [2.05, 4.69) is 11.8 Å². The van der Waals surface area contributed by atoms with Gasteiger partial charge in [-0.1, -0.05) is 11.8 Å². The molecule has 0 aliphatic heterocycles. The molecule has 2 heterocycles. The topological polar surface area (TPSA) is 4.10 Å². The van der Waals surface area contributed by atoms with Gasteiger partial charge >= 0.3 is 6.18 Å². The van der Waals surface area contributed by atoms with Gasteiger partial charge in [-0.25, -0.2) is 0 Å². The van der Waals surface area contributed by atoms with Crippen LogP contribution in [-0.2, 0) is 6.18 Å². The second kappa shape index (κ2) is 5.53. The summed E-state index contributed by atoms with van der Waals surface area (Å²) in [5.74, 6) is 5.91. The van der Waals surface area contributed by atoms with Crippen LogP contribution in [0, 0.1) is 11.8 Å². The van der Waals surface area contributed by atoms with Crippen molar-refractivity contribution in [3.8, 4) is 11.8 Å². The maximum absolute atomic E-state index is 12.5. The van der Waals surface area contributed by atoms with E-state index in [1.54, 1.807) is 0 Å². The molecule has 0 bridgehead atoms. The summed E-state index contributed by atoms with van der Waals surface area (Å²) in [4.78, 5) is 0. The Morgan fingerprint density at radius 1 is 0.773 bits per heavy atom. The predicted molar refractivity (Wildman–Crippen MR) is 77.0 cm³/mol. The lowest BCUT2D eigenvalue weighted by Crippen LogP contribution is -2.20. The molecule has 108 valence electrons. The fourth-order valence-electron chi connectivity index (χ4n) is 2.12. The van der Waals surface area contributed by atoms with Crippen LogP contribution in [0.3, 0.4) is 0 Å². The average Bonchev–Trinajstić information content (AvgIpc) is 2.52. The first-order valence-corrected chi connectivity index (χ1v) is 6.62. The molecule has 0 amide bonds. The Morgan fingerprint density at radius 3 is 2.23 bits per heavy atom. The Hall–Kier alpha value is -2.80. The molecule has 1 nitrogen and oxygen atoms in total. The Bertz CT molecular complexity index is 863. The second-order valence-electron chi connectivity index (χ2n) is 4.74. The first kappa shape index (κ1) is 14.2. The van der Waals surface area contributed by atoms with E-state index in [-0.39, 0.29) is 0 Å². The van der Waals surface area contributed by atoms with Crippen LogP contribution in [0.25, 0.3) is 5.52 Å². The molecule has 3 aromatic rings. The highest BCUT2D eigenvalue weighted by Gasteiger charge is 2.29. The third-order valence-electron chi connectivity index (χ3n) is 3.23. The van der Waals surface area contributed by atoms with Crippen molar-refractivity contribution in [2.45, 2.75) is 6.18 Å². The predicted octanol–water partition coefficient (Wildman–Crippen LogP) is 3.84. The molecule has 22 heavy (non-hydrogen) atoms. The van der Waals surface area contributed by atoms with Crippen molar-refractivity contribution in [1.29, 1.82) is 0 Å². The van der Waals surface area contributed by atoms with E-state index in [4.69, 9.17) is 0 Å². The molecule has 0 atom stereocenters. The van der Waals surface area contributed by atoms with Gasteiger partial charge in [0.15, 0.2) is 12.4 Å². The lowest BCUT2D eigenvalue weighted by atomic mass is 10.1. The Labute approximate surface area is 125 Å². The maximum Gasteiger partial charge on any atom is 0.416 e. The van der Waals surface area contributed by atoms with E-state index >= 15 is 0 Å². The fourth-order valence-corrected chi connectivity index (χ4v) is 2.12. The van der Waals surface area contributed by atoms with Gasteiger partial charge < -0.3 is 0 Å². The van der Waals surface area contributed by atoms with Gasteiger partial charge in [-0.2, -0.15) is 17.6 Å².